The first-order valence-electron chi connectivity index (χ1n) is 10.5. The monoisotopic (exact) mass is 471 g/mol. The molecule has 1 aliphatic heterocycles. The van der Waals surface area contributed by atoms with Gasteiger partial charge in [0.1, 0.15) is 5.76 Å². The van der Waals surface area contributed by atoms with Crippen LogP contribution >= 0.6 is 15.9 Å². The maximum atomic E-state index is 13.0. The molecule has 1 saturated heterocycles. The molecule has 4 rings (SSSR count). The van der Waals surface area contributed by atoms with E-state index in [9.17, 15) is 9.59 Å². The Bertz CT molecular complexity index is 986. The van der Waals surface area contributed by atoms with Gasteiger partial charge in [0.05, 0.1) is 5.71 Å². The summed E-state index contributed by atoms with van der Waals surface area (Å²) in [5, 5.41) is 4.40. The van der Waals surface area contributed by atoms with Gasteiger partial charge in [-0.1, -0.05) is 22.9 Å². The van der Waals surface area contributed by atoms with Crippen LogP contribution < -0.4 is 5.43 Å². The van der Waals surface area contributed by atoms with E-state index in [-0.39, 0.29) is 11.8 Å². The zero-order valence-corrected chi connectivity index (χ0v) is 18.9. The van der Waals surface area contributed by atoms with Gasteiger partial charge in [0.2, 0.25) is 0 Å². The molecule has 0 spiro atoms. The Kier molecular flexibility index (Phi) is 6.09. The fourth-order valence-corrected chi connectivity index (χ4v) is 4.39. The van der Waals surface area contributed by atoms with Crippen LogP contribution in [-0.4, -0.2) is 35.5 Å². The summed E-state index contributed by atoms with van der Waals surface area (Å²) in [6.07, 6.45) is 4.45. The van der Waals surface area contributed by atoms with Gasteiger partial charge in [-0.05, 0) is 62.8 Å². The highest BCUT2D eigenvalue weighted by atomic mass is 79.9. The number of furan rings is 1. The number of amides is 2. The van der Waals surface area contributed by atoms with Crippen molar-refractivity contribution in [3.05, 3.63) is 56.9 Å². The minimum absolute atomic E-state index is 0.0351. The number of likely N-dealkylation sites (tertiary alicyclic amines) is 1. The highest BCUT2D eigenvalue weighted by Crippen LogP contribution is 2.31. The third-order valence-electron chi connectivity index (χ3n) is 5.99. The summed E-state index contributed by atoms with van der Waals surface area (Å²) >= 11 is 3.37. The van der Waals surface area contributed by atoms with Gasteiger partial charge in [0, 0.05) is 40.7 Å². The van der Waals surface area contributed by atoms with Crippen molar-refractivity contribution in [2.75, 3.05) is 13.1 Å². The number of carbonyl (C=O) groups excluding carboxylic acids is 2. The minimum atomic E-state index is -0.262. The molecule has 1 fully saturated rings. The Hall–Kier alpha value is -2.41. The van der Waals surface area contributed by atoms with Crippen LogP contribution in [0, 0.1) is 12.8 Å². The van der Waals surface area contributed by atoms with Gasteiger partial charge in [-0.15, -0.1) is 0 Å². The first kappa shape index (κ1) is 20.8. The van der Waals surface area contributed by atoms with Gasteiger partial charge in [0.25, 0.3) is 11.8 Å². The molecule has 0 saturated carbocycles. The Morgan fingerprint density at radius 3 is 2.57 bits per heavy atom. The Labute approximate surface area is 184 Å². The quantitative estimate of drug-likeness (QED) is 0.659. The highest BCUT2D eigenvalue weighted by molar-refractivity contribution is 9.10. The lowest BCUT2D eigenvalue weighted by atomic mass is 9.93. The van der Waals surface area contributed by atoms with Crippen molar-refractivity contribution in [3.8, 4) is 0 Å². The van der Waals surface area contributed by atoms with Gasteiger partial charge < -0.3 is 9.32 Å². The predicted molar refractivity (Wildman–Crippen MR) is 119 cm³/mol. The molecule has 0 atom stereocenters. The van der Waals surface area contributed by atoms with Gasteiger partial charge >= 0.3 is 0 Å². The van der Waals surface area contributed by atoms with Crippen LogP contribution in [-0.2, 0) is 6.42 Å². The number of aryl methyl sites for hydroxylation is 1. The Morgan fingerprint density at radius 1 is 1.17 bits per heavy atom. The summed E-state index contributed by atoms with van der Waals surface area (Å²) in [5.74, 6) is 1.58. The average molecular weight is 472 g/mol. The second-order valence-electron chi connectivity index (χ2n) is 8.19. The minimum Gasteiger partial charge on any atom is -0.455 e. The van der Waals surface area contributed by atoms with E-state index in [1.807, 2.05) is 24.0 Å². The first-order chi connectivity index (χ1) is 14.4. The maximum absolute atomic E-state index is 13.0. The molecule has 1 aromatic heterocycles. The van der Waals surface area contributed by atoms with Crippen molar-refractivity contribution in [2.45, 2.75) is 46.0 Å². The molecule has 1 N–H and O–H groups in total. The van der Waals surface area contributed by atoms with E-state index in [2.05, 4.69) is 33.4 Å². The fraction of sp³-hybridized carbons (Fsp3) is 0.435. The number of benzene rings is 1. The van der Waals surface area contributed by atoms with Crippen LogP contribution in [0.2, 0.25) is 0 Å². The molecule has 30 heavy (non-hydrogen) atoms. The molecule has 158 valence electrons. The van der Waals surface area contributed by atoms with E-state index in [1.165, 1.54) is 0 Å². The Morgan fingerprint density at radius 2 is 1.87 bits per heavy atom. The van der Waals surface area contributed by atoms with Gasteiger partial charge in [-0.25, -0.2) is 5.43 Å². The molecule has 1 aromatic carbocycles. The summed E-state index contributed by atoms with van der Waals surface area (Å²) < 4.78 is 6.94. The lowest BCUT2D eigenvalue weighted by Crippen LogP contribution is -2.38. The molecule has 2 amide bonds. The molecular formula is C23H26BrN3O3. The second kappa shape index (κ2) is 8.76. The van der Waals surface area contributed by atoms with Gasteiger partial charge in [-0.2, -0.15) is 5.10 Å². The molecule has 2 aromatic rings. The summed E-state index contributed by atoms with van der Waals surface area (Å²) in [4.78, 5) is 27.4. The molecule has 0 radical (unpaired) electrons. The van der Waals surface area contributed by atoms with Crippen LogP contribution in [0.1, 0.15) is 70.4 Å². The van der Waals surface area contributed by atoms with Crippen LogP contribution in [0.15, 0.2) is 38.3 Å². The van der Waals surface area contributed by atoms with Gasteiger partial charge in [0.15, 0.2) is 5.76 Å². The number of fused-ring (bicyclic) bond motifs is 1. The number of nitrogens with one attached hydrogen (secondary N) is 1. The van der Waals surface area contributed by atoms with E-state index in [4.69, 9.17) is 4.42 Å². The van der Waals surface area contributed by atoms with E-state index in [0.717, 1.165) is 72.3 Å². The maximum Gasteiger partial charge on any atom is 0.289 e. The molecule has 2 aliphatic rings. The molecule has 0 bridgehead atoms. The third-order valence-corrected chi connectivity index (χ3v) is 6.52. The number of hydrogen-bond donors (Lipinski definition) is 1. The SMILES string of the molecule is Cc1c(C(=O)N2CCC(C)CC2)oc2c1/C(=N/NC(=O)c1ccc(Br)cc1)CCC2. The van der Waals surface area contributed by atoms with E-state index in [1.54, 1.807) is 12.1 Å². The molecule has 1 aliphatic carbocycles. The van der Waals surface area contributed by atoms with Crippen molar-refractivity contribution in [1.29, 1.82) is 0 Å². The standard InChI is InChI=1S/C23H26BrN3O3/c1-14-10-12-27(13-11-14)23(29)21-15(2)20-18(4-3-5-19(20)30-21)25-26-22(28)16-6-8-17(24)9-7-16/h6-9,14H,3-5,10-13H2,1-2H3,(H,26,28)/b25-18+. The molecule has 2 heterocycles. The predicted octanol–water partition coefficient (Wildman–Crippen LogP) is 4.69. The number of hydrazone groups is 1. The fourth-order valence-electron chi connectivity index (χ4n) is 4.12. The summed E-state index contributed by atoms with van der Waals surface area (Å²) in [6.45, 7) is 5.69. The lowest BCUT2D eigenvalue weighted by molar-refractivity contribution is 0.0662. The van der Waals surface area contributed by atoms with Crippen molar-refractivity contribution in [3.63, 3.8) is 0 Å². The molecule has 6 nitrogen and oxygen atoms in total. The molecule has 0 unspecified atom stereocenters. The van der Waals surface area contributed by atoms with Crippen molar-refractivity contribution < 1.29 is 14.0 Å². The number of carbonyl (C=O) groups is 2. The summed E-state index contributed by atoms with van der Waals surface area (Å²) in [6, 6.07) is 7.12. The van der Waals surface area contributed by atoms with E-state index < -0.39 is 0 Å². The lowest BCUT2D eigenvalue weighted by Gasteiger charge is -2.29. The second-order valence-corrected chi connectivity index (χ2v) is 9.10. The zero-order valence-electron chi connectivity index (χ0n) is 17.3. The summed E-state index contributed by atoms with van der Waals surface area (Å²) in [5.41, 5.74) is 5.68. The largest absolute Gasteiger partial charge is 0.455 e. The van der Waals surface area contributed by atoms with Gasteiger partial charge in [-0.3, -0.25) is 9.59 Å². The van der Waals surface area contributed by atoms with Crippen LogP contribution in [0.4, 0.5) is 0 Å². The van der Waals surface area contributed by atoms with Crippen LogP contribution in [0.3, 0.4) is 0 Å². The number of halogens is 1. The zero-order chi connectivity index (χ0) is 21.3. The number of hydrogen-bond acceptors (Lipinski definition) is 4. The Balaban J connectivity index is 1.55. The third kappa shape index (κ3) is 4.21. The van der Waals surface area contributed by atoms with Crippen molar-refractivity contribution in [2.24, 2.45) is 11.0 Å². The molecular weight excluding hydrogens is 446 g/mol. The average Bonchev–Trinajstić information content (AvgIpc) is 3.09. The van der Waals surface area contributed by atoms with Crippen LogP contribution in [0.25, 0.3) is 0 Å². The molecule has 7 heteroatoms. The number of nitrogens with zero attached hydrogens (tertiary/aromatic N) is 2. The normalized spacial score (nSPS) is 18.4. The van der Waals surface area contributed by atoms with E-state index in [0.29, 0.717) is 17.2 Å². The number of piperidine rings is 1. The van der Waals surface area contributed by atoms with E-state index >= 15 is 0 Å². The first-order valence-corrected chi connectivity index (χ1v) is 11.3. The van der Waals surface area contributed by atoms with Crippen molar-refractivity contribution >= 4 is 33.5 Å². The van der Waals surface area contributed by atoms with Crippen molar-refractivity contribution in [1.82, 2.24) is 10.3 Å². The topological polar surface area (TPSA) is 74.9 Å². The highest BCUT2D eigenvalue weighted by Gasteiger charge is 2.31. The number of rotatable bonds is 3. The smallest absolute Gasteiger partial charge is 0.289 e. The summed E-state index contributed by atoms with van der Waals surface area (Å²) in [7, 11) is 0. The van der Waals surface area contributed by atoms with Crippen LogP contribution in [0.5, 0.6) is 0 Å².